The van der Waals surface area contributed by atoms with E-state index < -0.39 is 42.2 Å². The predicted molar refractivity (Wildman–Crippen MR) is 136 cm³/mol. The van der Waals surface area contributed by atoms with E-state index in [0.29, 0.717) is 42.6 Å². The normalized spacial score (nSPS) is 30.3. The van der Waals surface area contributed by atoms with Crippen LogP contribution in [0.25, 0.3) is 0 Å². The second kappa shape index (κ2) is 13.3. The van der Waals surface area contributed by atoms with Gasteiger partial charge in [-0.15, -0.1) is 13.2 Å². The molecule has 0 radical (unpaired) electrons. The minimum Gasteiger partial charge on any atom is -0.403 e. The lowest BCUT2D eigenvalue weighted by Gasteiger charge is -2.39. The third-order valence-electron chi connectivity index (χ3n) is 8.64. The van der Waals surface area contributed by atoms with E-state index in [0.717, 1.165) is 31.4 Å². The highest BCUT2D eigenvalue weighted by atomic mass is 19.4. The average molecular weight is 563 g/mol. The van der Waals surface area contributed by atoms with Crippen LogP contribution < -0.4 is 4.74 Å². The maximum Gasteiger partial charge on any atom is 0.573 e. The summed E-state index contributed by atoms with van der Waals surface area (Å²) in [4.78, 5) is 0. The number of allylic oxidation sites excluding steroid dienone is 2. The fourth-order valence-electron chi connectivity index (χ4n) is 6.40. The quantitative estimate of drug-likeness (QED) is 0.161. The van der Waals surface area contributed by atoms with Crippen LogP contribution in [0.3, 0.4) is 0 Å². The Morgan fingerprint density at radius 2 is 1.67 bits per heavy atom. The number of unbranched alkanes of at least 4 members (excludes halogenated alkanes) is 2. The van der Waals surface area contributed by atoms with Crippen LogP contribution in [0.15, 0.2) is 30.4 Å². The molecule has 0 aromatic heterocycles. The van der Waals surface area contributed by atoms with Gasteiger partial charge in [-0.3, -0.25) is 0 Å². The largest absolute Gasteiger partial charge is 0.573 e. The summed E-state index contributed by atoms with van der Waals surface area (Å²) in [6.45, 7) is 2.12. The van der Waals surface area contributed by atoms with Crippen LogP contribution in [-0.4, -0.2) is 25.2 Å². The number of rotatable bonds is 10. The first-order valence-corrected chi connectivity index (χ1v) is 14.4. The van der Waals surface area contributed by atoms with E-state index in [9.17, 15) is 17.6 Å². The summed E-state index contributed by atoms with van der Waals surface area (Å²) >= 11 is 0. The van der Waals surface area contributed by atoms with E-state index in [2.05, 4.69) is 23.8 Å². The maximum absolute atomic E-state index is 15.1. The third-order valence-corrected chi connectivity index (χ3v) is 8.64. The van der Waals surface area contributed by atoms with Crippen molar-refractivity contribution in [3.05, 3.63) is 41.7 Å². The summed E-state index contributed by atoms with van der Waals surface area (Å²) in [5.41, 5.74) is 0.328. The average Bonchev–Trinajstić information content (AvgIpc) is 2.90. The molecule has 1 saturated heterocycles. The van der Waals surface area contributed by atoms with Crippen molar-refractivity contribution in [1.29, 1.82) is 0 Å². The molecule has 1 aromatic rings. The minimum absolute atomic E-state index is 0.0929. The molecule has 0 amide bonds. The molecule has 0 bridgehead atoms. The summed E-state index contributed by atoms with van der Waals surface area (Å²) in [5, 5.41) is 0. The lowest BCUT2D eigenvalue weighted by Crippen LogP contribution is -2.41. The zero-order chi connectivity index (χ0) is 28.0. The molecule has 39 heavy (non-hydrogen) atoms. The minimum atomic E-state index is -5.00. The van der Waals surface area contributed by atoms with Gasteiger partial charge < -0.3 is 14.2 Å². The highest BCUT2D eigenvalue weighted by molar-refractivity contribution is 5.31. The maximum atomic E-state index is 15.1. The lowest BCUT2D eigenvalue weighted by atomic mass is 9.71. The van der Waals surface area contributed by atoms with Crippen molar-refractivity contribution in [2.75, 3.05) is 6.61 Å². The van der Waals surface area contributed by atoms with Gasteiger partial charge in [-0.2, -0.15) is 8.78 Å². The lowest BCUT2D eigenvalue weighted by molar-refractivity contribution is -0.310. The molecule has 1 saturated carbocycles. The molecule has 1 heterocycles. The van der Waals surface area contributed by atoms with Gasteiger partial charge >= 0.3 is 12.5 Å². The van der Waals surface area contributed by atoms with Gasteiger partial charge in [-0.05, 0) is 93.2 Å². The van der Waals surface area contributed by atoms with Crippen LogP contribution in [0.5, 0.6) is 5.75 Å². The van der Waals surface area contributed by atoms with E-state index in [1.54, 1.807) is 0 Å². The Morgan fingerprint density at radius 3 is 2.26 bits per heavy atom. The zero-order valence-electron chi connectivity index (χ0n) is 22.5. The first-order chi connectivity index (χ1) is 18.5. The summed E-state index contributed by atoms with van der Waals surface area (Å²) in [6.07, 6.45) is 5.44. The fourth-order valence-corrected chi connectivity index (χ4v) is 6.40. The molecule has 2 fully saturated rings. The Morgan fingerprint density at radius 1 is 0.897 bits per heavy atom. The molecule has 220 valence electrons. The number of alkyl halides is 5. The predicted octanol–water partition coefficient (Wildman–Crippen LogP) is 9.52. The van der Waals surface area contributed by atoms with Gasteiger partial charge in [0.2, 0.25) is 0 Å². The van der Waals surface area contributed by atoms with Crippen molar-refractivity contribution in [1.82, 2.24) is 0 Å². The number of hydrogen-bond donors (Lipinski definition) is 0. The van der Waals surface area contributed by atoms with Crippen LogP contribution in [0.2, 0.25) is 0 Å². The molecular formula is C30H40F6O3. The smallest absolute Gasteiger partial charge is 0.403 e. The Bertz CT molecular complexity index is 933. The van der Waals surface area contributed by atoms with Gasteiger partial charge in [0.05, 0.1) is 24.7 Å². The van der Waals surface area contributed by atoms with E-state index in [-0.39, 0.29) is 13.0 Å². The van der Waals surface area contributed by atoms with Gasteiger partial charge in [-0.25, -0.2) is 4.39 Å². The van der Waals surface area contributed by atoms with Crippen molar-refractivity contribution in [3.63, 3.8) is 0 Å². The van der Waals surface area contributed by atoms with Crippen molar-refractivity contribution < 1.29 is 40.6 Å². The van der Waals surface area contributed by atoms with Gasteiger partial charge in [0, 0.05) is 0 Å². The van der Waals surface area contributed by atoms with Crippen LogP contribution in [0, 0.1) is 29.5 Å². The Labute approximate surface area is 227 Å². The SMILES string of the molecule is CCCCCC1C=CC(C2CCC(C(F)(F)OC3CCC(c4ccc(OC(F)(F)F)c(F)c4)OC3)CC2)CC1. The Kier molecular flexibility index (Phi) is 10.3. The summed E-state index contributed by atoms with van der Waals surface area (Å²) in [7, 11) is 0. The van der Waals surface area contributed by atoms with Crippen molar-refractivity contribution >= 4 is 0 Å². The van der Waals surface area contributed by atoms with Gasteiger partial charge in [0.15, 0.2) is 11.6 Å². The zero-order valence-corrected chi connectivity index (χ0v) is 22.5. The molecule has 4 atom stereocenters. The first kappa shape index (κ1) is 30.2. The molecule has 1 aliphatic heterocycles. The highest BCUT2D eigenvalue weighted by Crippen LogP contribution is 2.45. The summed E-state index contributed by atoms with van der Waals surface area (Å²) in [5.74, 6) is -1.30. The fraction of sp³-hybridized carbons (Fsp3) is 0.733. The monoisotopic (exact) mass is 562 g/mol. The van der Waals surface area contributed by atoms with Crippen molar-refractivity contribution in [2.45, 2.75) is 109 Å². The molecule has 2 aliphatic carbocycles. The summed E-state index contributed by atoms with van der Waals surface area (Å²) < 4.78 is 95.8. The molecule has 0 spiro atoms. The van der Waals surface area contributed by atoms with Crippen LogP contribution in [0.4, 0.5) is 26.3 Å². The van der Waals surface area contributed by atoms with E-state index in [1.165, 1.54) is 38.2 Å². The molecular weight excluding hydrogens is 522 g/mol. The first-order valence-electron chi connectivity index (χ1n) is 14.4. The second-order valence-electron chi connectivity index (χ2n) is 11.4. The van der Waals surface area contributed by atoms with Gasteiger partial charge in [0.1, 0.15) is 0 Å². The molecule has 4 unspecified atom stereocenters. The number of ether oxygens (including phenoxy) is 3. The van der Waals surface area contributed by atoms with Crippen LogP contribution >= 0.6 is 0 Å². The van der Waals surface area contributed by atoms with Gasteiger partial charge in [-0.1, -0.05) is 44.4 Å². The topological polar surface area (TPSA) is 27.7 Å². The molecule has 1 aromatic carbocycles. The number of hydrogen-bond acceptors (Lipinski definition) is 3. The molecule has 3 aliphatic rings. The standard InChI is InChI=1S/C30H40F6O3/c1-2-3-4-5-20-6-8-21(9-7-20)22-10-13-24(14-11-22)29(32,33)38-25-15-17-27(37-19-25)23-12-16-28(26(31)18-23)39-30(34,35)36/h6,8,12,16,18,20-22,24-25,27H,2-5,7,9-11,13-15,17,19H2,1H3. The molecule has 0 N–H and O–H groups in total. The third kappa shape index (κ3) is 8.62. The Hall–Kier alpha value is -1.74. The van der Waals surface area contributed by atoms with E-state index >= 15 is 8.78 Å². The molecule has 4 rings (SSSR count). The van der Waals surface area contributed by atoms with Crippen LogP contribution in [0.1, 0.15) is 95.6 Å². The Balaban J connectivity index is 1.20. The van der Waals surface area contributed by atoms with Crippen molar-refractivity contribution in [3.8, 4) is 5.75 Å². The highest BCUT2D eigenvalue weighted by Gasteiger charge is 2.46. The second-order valence-corrected chi connectivity index (χ2v) is 11.4. The number of halogens is 6. The molecule has 3 nitrogen and oxygen atoms in total. The molecule has 9 heteroatoms. The van der Waals surface area contributed by atoms with E-state index in [4.69, 9.17) is 9.47 Å². The van der Waals surface area contributed by atoms with Gasteiger partial charge in [0.25, 0.3) is 0 Å². The van der Waals surface area contributed by atoms with Crippen molar-refractivity contribution in [2.24, 2.45) is 23.7 Å². The summed E-state index contributed by atoms with van der Waals surface area (Å²) in [6, 6.07) is 3.11. The number of benzene rings is 1. The van der Waals surface area contributed by atoms with E-state index in [1.807, 2.05) is 0 Å². The van der Waals surface area contributed by atoms with Crippen LogP contribution in [-0.2, 0) is 9.47 Å².